The Morgan fingerprint density at radius 3 is 2.29 bits per heavy atom. The fraction of sp³-hybridized carbons (Fsp3) is 0.500. The van der Waals surface area contributed by atoms with E-state index in [1.807, 2.05) is 6.92 Å². The lowest BCUT2D eigenvalue weighted by atomic mass is 9.99. The SMILES string of the molecule is CCc1ccc(OC(=O)[C@H]2O[C@@H](O)[C@H](O)[C@@H](O)[C@@H]2O)cc1. The molecule has 0 aromatic heterocycles. The number of aliphatic hydroxyl groups is 4. The summed E-state index contributed by atoms with van der Waals surface area (Å²) in [5.41, 5.74) is 1.07. The van der Waals surface area contributed by atoms with Gasteiger partial charge in [0.1, 0.15) is 24.1 Å². The van der Waals surface area contributed by atoms with E-state index in [2.05, 4.69) is 0 Å². The number of benzene rings is 1. The summed E-state index contributed by atoms with van der Waals surface area (Å²) >= 11 is 0. The average molecular weight is 298 g/mol. The molecule has 116 valence electrons. The monoisotopic (exact) mass is 298 g/mol. The minimum atomic E-state index is -1.77. The zero-order valence-corrected chi connectivity index (χ0v) is 11.4. The van der Waals surface area contributed by atoms with Crippen molar-refractivity contribution in [3.63, 3.8) is 0 Å². The normalized spacial score (nSPS) is 32.7. The minimum absolute atomic E-state index is 0.253. The minimum Gasteiger partial charge on any atom is -0.425 e. The Morgan fingerprint density at radius 2 is 1.71 bits per heavy atom. The summed E-state index contributed by atoms with van der Waals surface area (Å²) in [4.78, 5) is 11.9. The molecule has 4 N–H and O–H groups in total. The highest BCUT2D eigenvalue weighted by Crippen LogP contribution is 2.22. The van der Waals surface area contributed by atoms with E-state index in [1.165, 1.54) is 0 Å². The van der Waals surface area contributed by atoms with Crippen molar-refractivity contribution in [2.75, 3.05) is 0 Å². The van der Waals surface area contributed by atoms with Crippen LogP contribution in [0.1, 0.15) is 12.5 Å². The summed E-state index contributed by atoms with van der Waals surface area (Å²) in [6.45, 7) is 1.99. The predicted molar refractivity (Wildman–Crippen MR) is 70.4 cm³/mol. The van der Waals surface area contributed by atoms with Gasteiger partial charge in [-0.25, -0.2) is 4.79 Å². The topological polar surface area (TPSA) is 116 Å². The third-order valence-corrected chi connectivity index (χ3v) is 3.37. The number of aliphatic hydroxyl groups excluding tert-OH is 4. The second-order valence-corrected chi connectivity index (χ2v) is 4.84. The highest BCUT2D eigenvalue weighted by Gasteiger charge is 2.47. The molecule has 0 saturated carbocycles. The maximum Gasteiger partial charge on any atom is 0.343 e. The van der Waals surface area contributed by atoms with E-state index >= 15 is 0 Å². The van der Waals surface area contributed by atoms with Crippen molar-refractivity contribution >= 4 is 5.97 Å². The quantitative estimate of drug-likeness (QED) is 0.416. The summed E-state index contributed by atoms with van der Waals surface area (Å²) in [5, 5.41) is 37.9. The number of ether oxygens (including phenoxy) is 2. The molecular weight excluding hydrogens is 280 g/mol. The smallest absolute Gasteiger partial charge is 0.343 e. The van der Waals surface area contributed by atoms with E-state index in [1.54, 1.807) is 24.3 Å². The van der Waals surface area contributed by atoms with Crippen molar-refractivity contribution in [2.45, 2.75) is 44.1 Å². The molecule has 1 aliphatic heterocycles. The molecular formula is C14H18O7. The lowest BCUT2D eigenvalue weighted by Gasteiger charge is -2.36. The number of esters is 1. The fourth-order valence-corrected chi connectivity index (χ4v) is 2.02. The van der Waals surface area contributed by atoms with Gasteiger partial charge in [0.25, 0.3) is 0 Å². The summed E-state index contributed by atoms with van der Waals surface area (Å²) in [6, 6.07) is 6.75. The van der Waals surface area contributed by atoms with Crippen LogP contribution in [-0.2, 0) is 16.0 Å². The second-order valence-electron chi connectivity index (χ2n) is 4.84. The molecule has 21 heavy (non-hydrogen) atoms. The van der Waals surface area contributed by atoms with E-state index in [9.17, 15) is 25.2 Å². The molecule has 0 aliphatic carbocycles. The van der Waals surface area contributed by atoms with Crippen LogP contribution in [0.15, 0.2) is 24.3 Å². The lowest BCUT2D eigenvalue weighted by molar-refractivity contribution is -0.279. The Balaban J connectivity index is 2.05. The van der Waals surface area contributed by atoms with Gasteiger partial charge in [-0.3, -0.25) is 0 Å². The van der Waals surface area contributed by atoms with Gasteiger partial charge in [-0.05, 0) is 24.1 Å². The molecule has 7 heteroatoms. The van der Waals surface area contributed by atoms with Crippen LogP contribution in [0.3, 0.4) is 0 Å². The van der Waals surface area contributed by atoms with Gasteiger partial charge < -0.3 is 29.9 Å². The first-order valence-corrected chi connectivity index (χ1v) is 6.62. The van der Waals surface area contributed by atoms with Crippen LogP contribution in [0, 0.1) is 0 Å². The van der Waals surface area contributed by atoms with Crippen LogP contribution in [0.2, 0.25) is 0 Å². The van der Waals surface area contributed by atoms with E-state index in [0.29, 0.717) is 0 Å². The molecule has 1 aromatic carbocycles. The highest BCUT2D eigenvalue weighted by atomic mass is 16.7. The van der Waals surface area contributed by atoms with Gasteiger partial charge in [0.2, 0.25) is 0 Å². The second kappa shape index (κ2) is 6.50. The zero-order chi connectivity index (χ0) is 15.6. The number of carbonyl (C=O) groups excluding carboxylic acids is 1. The third kappa shape index (κ3) is 3.39. The lowest BCUT2D eigenvalue weighted by Crippen LogP contribution is -2.60. The van der Waals surface area contributed by atoms with Crippen molar-refractivity contribution in [3.05, 3.63) is 29.8 Å². The van der Waals surface area contributed by atoms with Crippen molar-refractivity contribution in [1.29, 1.82) is 0 Å². The Hall–Kier alpha value is -1.51. The maximum atomic E-state index is 11.9. The first-order valence-electron chi connectivity index (χ1n) is 6.62. The standard InChI is InChI=1S/C14H18O7/c1-2-7-3-5-8(6-4-7)20-14(19)12-10(16)9(15)11(17)13(18)21-12/h3-6,9-13,15-18H,2H2,1H3/t9-,10-,11+,12-,13+/m0/s1. The van der Waals surface area contributed by atoms with Crippen LogP contribution >= 0.6 is 0 Å². The number of hydrogen-bond acceptors (Lipinski definition) is 7. The van der Waals surface area contributed by atoms with Crippen LogP contribution in [0.5, 0.6) is 5.75 Å². The van der Waals surface area contributed by atoms with Crippen molar-refractivity contribution < 1.29 is 34.7 Å². The predicted octanol–water partition coefficient (Wildman–Crippen LogP) is -1.05. The van der Waals surface area contributed by atoms with E-state index in [-0.39, 0.29) is 5.75 Å². The Kier molecular flexibility index (Phi) is 4.92. The summed E-state index contributed by atoms with van der Waals surface area (Å²) in [7, 11) is 0. The highest BCUT2D eigenvalue weighted by molar-refractivity contribution is 5.78. The molecule has 0 unspecified atom stereocenters. The Morgan fingerprint density at radius 1 is 1.10 bits per heavy atom. The maximum absolute atomic E-state index is 11.9. The molecule has 1 heterocycles. The Bertz CT molecular complexity index is 487. The van der Waals surface area contributed by atoms with E-state index in [4.69, 9.17) is 9.47 Å². The summed E-state index contributed by atoms with van der Waals surface area (Å²) in [5.74, 6) is -0.708. The molecule has 1 fully saturated rings. The fourth-order valence-electron chi connectivity index (χ4n) is 2.02. The molecule has 0 bridgehead atoms. The van der Waals surface area contributed by atoms with Gasteiger partial charge in [-0.15, -0.1) is 0 Å². The van der Waals surface area contributed by atoms with Gasteiger partial charge in [0.15, 0.2) is 12.4 Å². The van der Waals surface area contributed by atoms with Gasteiger partial charge in [-0.2, -0.15) is 0 Å². The molecule has 1 aliphatic rings. The van der Waals surface area contributed by atoms with Crippen LogP contribution in [-0.4, -0.2) is 57.1 Å². The molecule has 0 spiro atoms. The number of rotatable bonds is 3. The average Bonchev–Trinajstić information content (AvgIpc) is 2.49. The van der Waals surface area contributed by atoms with Gasteiger partial charge >= 0.3 is 5.97 Å². The van der Waals surface area contributed by atoms with Crippen molar-refractivity contribution in [2.24, 2.45) is 0 Å². The zero-order valence-electron chi connectivity index (χ0n) is 11.4. The number of aryl methyl sites for hydroxylation is 1. The number of hydrogen-bond donors (Lipinski definition) is 4. The first kappa shape index (κ1) is 15.9. The van der Waals surface area contributed by atoms with Crippen molar-refractivity contribution in [1.82, 2.24) is 0 Å². The van der Waals surface area contributed by atoms with E-state index in [0.717, 1.165) is 12.0 Å². The largest absolute Gasteiger partial charge is 0.425 e. The third-order valence-electron chi connectivity index (χ3n) is 3.37. The summed E-state index contributed by atoms with van der Waals surface area (Å²) in [6.07, 6.45) is -7.59. The molecule has 0 radical (unpaired) electrons. The molecule has 1 saturated heterocycles. The van der Waals surface area contributed by atoms with Gasteiger partial charge in [0, 0.05) is 0 Å². The molecule has 5 atom stereocenters. The Labute approximate surface area is 121 Å². The molecule has 2 rings (SSSR count). The van der Waals surface area contributed by atoms with Crippen LogP contribution < -0.4 is 4.74 Å². The van der Waals surface area contributed by atoms with Crippen LogP contribution in [0.25, 0.3) is 0 Å². The van der Waals surface area contributed by atoms with Gasteiger partial charge in [0.05, 0.1) is 0 Å². The molecule has 7 nitrogen and oxygen atoms in total. The molecule has 1 aromatic rings. The number of carbonyl (C=O) groups is 1. The first-order chi connectivity index (χ1) is 9.93. The van der Waals surface area contributed by atoms with E-state index < -0.39 is 36.7 Å². The molecule has 0 amide bonds. The summed E-state index contributed by atoms with van der Waals surface area (Å²) < 4.78 is 9.81. The van der Waals surface area contributed by atoms with Crippen molar-refractivity contribution in [3.8, 4) is 5.75 Å². The van der Waals surface area contributed by atoms with Gasteiger partial charge in [-0.1, -0.05) is 19.1 Å². The van der Waals surface area contributed by atoms with Crippen LogP contribution in [0.4, 0.5) is 0 Å².